The Morgan fingerprint density at radius 1 is 1.04 bits per heavy atom. The number of anilines is 3. The number of nitriles is 1. The quantitative estimate of drug-likeness (QED) is 0.640. The van der Waals surface area contributed by atoms with Crippen molar-refractivity contribution in [1.29, 1.82) is 5.26 Å². The summed E-state index contributed by atoms with van der Waals surface area (Å²) >= 11 is 0. The molecule has 2 aromatic carbocycles. The summed E-state index contributed by atoms with van der Waals surface area (Å²) in [6.45, 7) is 3.30. The Kier molecular flexibility index (Phi) is 4.65. The maximum absolute atomic E-state index is 12.5. The van der Waals surface area contributed by atoms with E-state index < -0.39 is 10.0 Å². The van der Waals surface area contributed by atoms with Crippen LogP contribution in [0.15, 0.2) is 53.4 Å². The highest BCUT2D eigenvalue weighted by atomic mass is 32.2. The van der Waals surface area contributed by atoms with Gasteiger partial charge in [-0.15, -0.1) is 0 Å². The van der Waals surface area contributed by atoms with Gasteiger partial charge in [-0.3, -0.25) is 9.82 Å². The van der Waals surface area contributed by atoms with Crippen molar-refractivity contribution in [2.45, 2.75) is 18.7 Å². The molecule has 0 spiro atoms. The van der Waals surface area contributed by atoms with Gasteiger partial charge in [0.2, 0.25) is 0 Å². The van der Waals surface area contributed by atoms with Gasteiger partial charge in [-0.1, -0.05) is 6.07 Å². The molecule has 0 unspecified atom stereocenters. The first-order valence-electron chi connectivity index (χ1n) is 7.81. The van der Waals surface area contributed by atoms with E-state index in [0.717, 1.165) is 11.4 Å². The summed E-state index contributed by atoms with van der Waals surface area (Å²) < 4.78 is 27.6. The number of rotatable bonds is 5. The van der Waals surface area contributed by atoms with Crippen LogP contribution in [0.4, 0.5) is 17.1 Å². The Labute approximate surface area is 151 Å². The zero-order valence-corrected chi connectivity index (χ0v) is 15.1. The van der Waals surface area contributed by atoms with Crippen LogP contribution < -0.4 is 10.0 Å². The SMILES string of the molecule is Cc1n[nH]c(C)c1S(=O)(=O)Nc1ccc(Nc2cccc(C#N)c2)cc1. The van der Waals surface area contributed by atoms with E-state index in [1.807, 2.05) is 6.07 Å². The molecule has 0 aliphatic rings. The van der Waals surface area contributed by atoms with Crippen LogP contribution in [0.1, 0.15) is 17.0 Å². The van der Waals surface area contributed by atoms with Gasteiger partial charge < -0.3 is 5.32 Å². The molecule has 1 aromatic heterocycles. The number of aromatic amines is 1. The third kappa shape index (κ3) is 3.68. The summed E-state index contributed by atoms with van der Waals surface area (Å²) in [5.74, 6) is 0. The first-order valence-corrected chi connectivity index (χ1v) is 9.29. The largest absolute Gasteiger partial charge is 0.355 e. The lowest BCUT2D eigenvalue weighted by atomic mass is 10.2. The van der Waals surface area contributed by atoms with Crippen molar-refractivity contribution in [3.05, 3.63) is 65.5 Å². The Balaban J connectivity index is 1.77. The first kappa shape index (κ1) is 17.5. The van der Waals surface area contributed by atoms with Crippen LogP contribution in [0.2, 0.25) is 0 Å². The van der Waals surface area contributed by atoms with E-state index in [2.05, 4.69) is 26.3 Å². The summed E-state index contributed by atoms with van der Waals surface area (Å²) in [7, 11) is -3.71. The lowest BCUT2D eigenvalue weighted by Crippen LogP contribution is -2.14. The van der Waals surface area contributed by atoms with Gasteiger partial charge in [0.05, 0.1) is 23.0 Å². The monoisotopic (exact) mass is 367 g/mol. The van der Waals surface area contributed by atoms with Crippen molar-refractivity contribution in [3.8, 4) is 6.07 Å². The van der Waals surface area contributed by atoms with E-state index in [4.69, 9.17) is 5.26 Å². The fourth-order valence-corrected chi connectivity index (χ4v) is 4.03. The normalized spacial score (nSPS) is 11.0. The topological polar surface area (TPSA) is 111 Å². The summed E-state index contributed by atoms with van der Waals surface area (Å²) in [5, 5.41) is 18.7. The van der Waals surface area contributed by atoms with Crippen molar-refractivity contribution in [2.24, 2.45) is 0 Å². The molecule has 26 heavy (non-hydrogen) atoms. The molecule has 0 saturated carbocycles. The van der Waals surface area contributed by atoms with Crippen LogP contribution in [-0.2, 0) is 10.0 Å². The smallest absolute Gasteiger partial charge is 0.265 e. The fraction of sp³-hybridized carbons (Fsp3) is 0.111. The number of hydrogen-bond acceptors (Lipinski definition) is 5. The molecule has 3 N–H and O–H groups in total. The highest BCUT2D eigenvalue weighted by molar-refractivity contribution is 7.92. The number of aromatic nitrogens is 2. The number of hydrogen-bond donors (Lipinski definition) is 3. The van der Waals surface area contributed by atoms with Crippen molar-refractivity contribution in [3.63, 3.8) is 0 Å². The molecule has 0 aliphatic carbocycles. The molecule has 0 saturated heterocycles. The van der Waals surface area contributed by atoms with Gasteiger partial charge in [-0.2, -0.15) is 10.4 Å². The second-order valence-corrected chi connectivity index (χ2v) is 7.38. The third-order valence-electron chi connectivity index (χ3n) is 3.75. The average molecular weight is 367 g/mol. The molecule has 0 fully saturated rings. The van der Waals surface area contributed by atoms with Gasteiger partial charge in [-0.05, 0) is 56.3 Å². The highest BCUT2D eigenvalue weighted by Crippen LogP contribution is 2.23. The molecule has 3 aromatic rings. The minimum atomic E-state index is -3.71. The van der Waals surface area contributed by atoms with Gasteiger partial charge in [0.15, 0.2) is 0 Å². The molecule has 0 bridgehead atoms. The fourth-order valence-electron chi connectivity index (χ4n) is 2.60. The Morgan fingerprint density at radius 3 is 2.35 bits per heavy atom. The number of aryl methyl sites for hydroxylation is 2. The molecule has 132 valence electrons. The van der Waals surface area contributed by atoms with Crippen LogP contribution >= 0.6 is 0 Å². The van der Waals surface area contributed by atoms with E-state index in [1.54, 1.807) is 56.3 Å². The van der Waals surface area contributed by atoms with Crippen LogP contribution in [0.25, 0.3) is 0 Å². The van der Waals surface area contributed by atoms with Gasteiger partial charge in [0.1, 0.15) is 4.90 Å². The van der Waals surface area contributed by atoms with Gasteiger partial charge in [0, 0.05) is 17.1 Å². The standard InChI is InChI=1S/C18H17N5O2S/c1-12-18(13(2)22-21-12)26(24,25)23-16-8-6-15(7-9-16)20-17-5-3-4-14(10-17)11-19/h3-10,20,23H,1-2H3,(H,21,22). The predicted octanol–water partition coefficient (Wildman–Crippen LogP) is 3.44. The Hall–Kier alpha value is -3.31. The highest BCUT2D eigenvalue weighted by Gasteiger charge is 2.22. The van der Waals surface area contributed by atoms with Crippen molar-refractivity contribution >= 4 is 27.1 Å². The molecule has 0 atom stereocenters. The Morgan fingerprint density at radius 2 is 1.73 bits per heavy atom. The van der Waals surface area contributed by atoms with Gasteiger partial charge >= 0.3 is 0 Å². The predicted molar refractivity (Wildman–Crippen MR) is 99.8 cm³/mol. The molecule has 0 radical (unpaired) electrons. The summed E-state index contributed by atoms with van der Waals surface area (Å²) in [6, 6.07) is 16.0. The van der Waals surface area contributed by atoms with E-state index >= 15 is 0 Å². The lowest BCUT2D eigenvalue weighted by Gasteiger charge is -2.10. The number of H-pyrrole nitrogens is 1. The summed E-state index contributed by atoms with van der Waals surface area (Å²) in [6.07, 6.45) is 0. The number of nitrogens with zero attached hydrogens (tertiary/aromatic N) is 2. The van der Waals surface area contributed by atoms with Crippen LogP contribution in [0.3, 0.4) is 0 Å². The van der Waals surface area contributed by atoms with Crippen molar-refractivity contribution in [1.82, 2.24) is 10.2 Å². The van der Waals surface area contributed by atoms with Gasteiger partial charge in [-0.25, -0.2) is 8.42 Å². The van der Waals surface area contributed by atoms with E-state index in [1.165, 1.54) is 0 Å². The number of sulfonamides is 1. The average Bonchev–Trinajstić information content (AvgIpc) is 2.96. The van der Waals surface area contributed by atoms with Crippen LogP contribution in [0.5, 0.6) is 0 Å². The summed E-state index contributed by atoms with van der Waals surface area (Å²) in [5.41, 5.74) is 3.48. The minimum absolute atomic E-state index is 0.160. The molecular formula is C18H17N5O2S. The van der Waals surface area contributed by atoms with Crippen LogP contribution in [-0.4, -0.2) is 18.6 Å². The molecule has 7 nitrogen and oxygen atoms in total. The Bertz CT molecular complexity index is 1060. The molecule has 8 heteroatoms. The second-order valence-electron chi connectivity index (χ2n) is 5.76. The maximum Gasteiger partial charge on any atom is 0.265 e. The zero-order chi connectivity index (χ0) is 18.7. The molecule has 0 aliphatic heterocycles. The maximum atomic E-state index is 12.5. The van der Waals surface area contributed by atoms with E-state index in [9.17, 15) is 8.42 Å². The first-order chi connectivity index (χ1) is 12.4. The van der Waals surface area contributed by atoms with E-state index in [-0.39, 0.29) is 4.90 Å². The van der Waals surface area contributed by atoms with E-state index in [0.29, 0.717) is 22.6 Å². The molecule has 1 heterocycles. The lowest BCUT2D eigenvalue weighted by molar-refractivity contribution is 0.600. The molecule has 3 rings (SSSR count). The van der Waals surface area contributed by atoms with Crippen LogP contribution in [0, 0.1) is 25.2 Å². The summed E-state index contributed by atoms with van der Waals surface area (Å²) in [4.78, 5) is 0.160. The third-order valence-corrected chi connectivity index (χ3v) is 5.39. The zero-order valence-electron chi connectivity index (χ0n) is 14.2. The molecule has 0 amide bonds. The molecular weight excluding hydrogens is 350 g/mol. The van der Waals surface area contributed by atoms with Crippen molar-refractivity contribution < 1.29 is 8.42 Å². The van der Waals surface area contributed by atoms with Gasteiger partial charge in [0.25, 0.3) is 10.0 Å². The second kappa shape index (κ2) is 6.90. The number of benzene rings is 2. The number of nitrogens with one attached hydrogen (secondary N) is 3. The van der Waals surface area contributed by atoms with Crippen molar-refractivity contribution in [2.75, 3.05) is 10.0 Å². The minimum Gasteiger partial charge on any atom is -0.355 e.